The van der Waals surface area contributed by atoms with Gasteiger partial charge in [0, 0.05) is 30.8 Å². The van der Waals surface area contributed by atoms with Gasteiger partial charge in [0.25, 0.3) is 0 Å². The highest BCUT2D eigenvalue weighted by atomic mass is 16.5. The summed E-state index contributed by atoms with van der Waals surface area (Å²) in [6.07, 6.45) is 18.9. The van der Waals surface area contributed by atoms with Crippen LogP contribution in [0, 0.1) is 11.8 Å². The summed E-state index contributed by atoms with van der Waals surface area (Å²) in [5.74, 6) is 2.20. The quantitative estimate of drug-likeness (QED) is 0.127. The van der Waals surface area contributed by atoms with Gasteiger partial charge >= 0.3 is 11.9 Å². The van der Waals surface area contributed by atoms with E-state index in [2.05, 4.69) is 17.0 Å². The number of hydrogen-bond acceptors (Lipinski definition) is 5. The molecule has 2 saturated carbocycles. The Hall–Kier alpha value is -2.66. The maximum Gasteiger partial charge on any atom is 0.311 e. The van der Waals surface area contributed by atoms with Gasteiger partial charge in [-0.1, -0.05) is 81.3 Å². The molecule has 232 valence electrons. The van der Waals surface area contributed by atoms with Gasteiger partial charge in [-0.2, -0.15) is 0 Å². The summed E-state index contributed by atoms with van der Waals surface area (Å²) < 4.78 is 11.3. The molecule has 1 saturated heterocycles. The molecule has 3 fully saturated rings. The maximum atomic E-state index is 12.7. The van der Waals surface area contributed by atoms with Crippen LogP contribution < -0.4 is 4.74 Å². The number of piperidine rings is 1. The lowest BCUT2D eigenvalue weighted by molar-refractivity contribution is -0.145. The Balaban J connectivity index is 0.911. The number of esters is 2. The van der Waals surface area contributed by atoms with Crippen LogP contribution in [0.25, 0.3) is 0 Å². The van der Waals surface area contributed by atoms with Crippen molar-refractivity contribution in [1.29, 1.82) is 0 Å². The fourth-order valence-electron chi connectivity index (χ4n) is 8.60. The molecule has 2 aromatic rings. The van der Waals surface area contributed by atoms with Crippen molar-refractivity contribution in [1.82, 2.24) is 4.90 Å². The van der Waals surface area contributed by atoms with Gasteiger partial charge in [0.05, 0.1) is 0 Å². The van der Waals surface area contributed by atoms with Crippen LogP contribution in [0.2, 0.25) is 0 Å². The molecule has 0 unspecified atom stereocenters. The van der Waals surface area contributed by atoms with Crippen molar-refractivity contribution in [3.63, 3.8) is 0 Å². The highest BCUT2D eigenvalue weighted by Gasteiger charge is 2.54. The number of fused-ring (bicyclic) bond motifs is 1. The van der Waals surface area contributed by atoms with Crippen molar-refractivity contribution in [3.05, 3.63) is 65.2 Å². The van der Waals surface area contributed by atoms with Crippen molar-refractivity contribution < 1.29 is 19.1 Å². The Morgan fingerprint density at radius 1 is 0.814 bits per heavy atom. The van der Waals surface area contributed by atoms with E-state index in [1.165, 1.54) is 75.6 Å². The van der Waals surface area contributed by atoms with Crippen LogP contribution in [0.1, 0.15) is 119 Å². The second kappa shape index (κ2) is 14.4. The molecule has 0 N–H and O–H groups in total. The molecule has 1 aliphatic heterocycles. The number of likely N-dealkylation sites (tertiary alicyclic amines) is 1. The van der Waals surface area contributed by atoms with Crippen molar-refractivity contribution >= 4 is 11.9 Å². The third-order valence-electron chi connectivity index (χ3n) is 11.1. The molecule has 2 bridgehead atoms. The monoisotopic (exact) mass is 585 g/mol. The average Bonchev–Trinajstić information content (AvgIpc) is 3.01. The molecule has 3 aliphatic carbocycles. The van der Waals surface area contributed by atoms with Gasteiger partial charge in [0.15, 0.2) is 0 Å². The number of ether oxygens (including phenoxy) is 2. The van der Waals surface area contributed by atoms with Crippen LogP contribution in [-0.2, 0) is 32.8 Å². The lowest BCUT2D eigenvalue weighted by Crippen LogP contribution is -2.61. The molecule has 5 nitrogen and oxygen atoms in total. The van der Waals surface area contributed by atoms with Crippen molar-refractivity contribution in [2.75, 3.05) is 13.1 Å². The van der Waals surface area contributed by atoms with Gasteiger partial charge in [-0.05, 0) is 98.6 Å². The van der Waals surface area contributed by atoms with E-state index in [-0.39, 0.29) is 17.4 Å². The lowest BCUT2D eigenvalue weighted by Gasteiger charge is -2.59. The first-order valence-electron chi connectivity index (χ1n) is 17.4. The van der Waals surface area contributed by atoms with E-state index >= 15 is 0 Å². The summed E-state index contributed by atoms with van der Waals surface area (Å²) in [5, 5.41) is 0. The van der Waals surface area contributed by atoms with Crippen LogP contribution in [0.15, 0.2) is 48.5 Å². The molecule has 1 heterocycles. The summed E-state index contributed by atoms with van der Waals surface area (Å²) in [5.41, 5.74) is 4.32. The molecule has 6 rings (SSSR count). The SMILES string of the molecule is O=C(CCCCCCCCC(=O)Oc1ccc2c(c1)[C@@]13CCCC[C@H]1[C@@H](C2)N(CC1CCC1)CC3)OCc1ccccc1. The topological polar surface area (TPSA) is 55.8 Å². The highest BCUT2D eigenvalue weighted by molar-refractivity contribution is 5.72. The van der Waals surface area contributed by atoms with Gasteiger partial charge in [-0.25, -0.2) is 0 Å². The lowest BCUT2D eigenvalue weighted by atomic mass is 9.52. The van der Waals surface area contributed by atoms with Crippen LogP contribution in [0.4, 0.5) is 0 Å². The molecule has 2 aromatic carbocycles. The van der Waals surface area contributed by atoms with Crippen LogP contribution in [0.5, 0.6) is 5.75 Å². The number of rotatable bonds is 14. The van der Waals surface area contributed by atoms with Crippen molar-refractivity contribution in [2.45, 2.75) is 127 Å². The summed E-state index contributed by atoms with van der Waals surface area (Å²) >= 11 is 0. The fourth-order valence-corrected chi connectivity index (χ4v) is 8.60. The summed E-state index contributed by atoms with van der Waals surface area (Å²) in [6.45, 7) is 2.90. The molecule has 0 amide bonds. The second-order valence-electron chi connectivity index (χ2n) is 13.9. The summed E-state index contributed by atoms with van der Waals surface area (Å²) in [7, 11) is 0. The van der Waals surface area contributed by atoms with Crippen LogP contribution in [0.3, 0.4) is 0 Å². The Kier molecular flexibility index (Phi) is 10.2. The molecule has 43 heavy (non-hydrogen) atoms. The minimum Gasteiger partial charge on any atom is -0.461 e. The number of carbonyl (C=O) groups is 2. The molecular weight excluding hydrogens is 534 g/mol. The van der Waals surface area contributed by atoms with E-state index in [4.69, 9.17) is 9.47 Å². The first-order valence-corrected chi connectivity index (χ1v) is 17.4. The van der Waals surface area contributed by atoms with E-state index < -0.39 is 0 Å². The first kappa shape index (κ1) is 30.4. The Bertz CT molecular complexity index is 1220. The van der Waals surface area contributed by atoms with Crippen LogP contribution >= 0.6 is 0 Å². The van der Waals surface area contributed by atoms with Gasteiger partial charge in [-0.15, -0.1) is 0 Å². The Morgan fingerprint density at radius 3 is 2.35 bits per heavy atom. The average molecular weight is 586 g/mol. The normalized spacial score (nSPS) is 24.8. The minimum atomic E-state index is -0.124. The third-order valence-corrected chi connectivity index (χ3v) is 11.1. The number of carbonyl (C=O) groups excluding carboxylic acids is 2. The number of unbranched alkanes of at least 4 members (excludes halogenated alkanes) is 5. The zero-order chi connectivity index (χ0) is 29.5. The molecule has 0 radical (unpaired) electrons. The molecule has 5 heteroatoms. The number of hydrogen-bond donors (Lipinski definition) is 0. The van der Waals surface area contributed by atoms with Gasteiger partial charge in [0.2, 0.25) is 0 Å². The number of benzene rings is 2. The Labute approximate surface area is 258 Å². The predicted molar refractivity (Wildman–Crippen MR) is 170 cm³/mol. The van der Waals surface area contributed by atoms with E-state index in [0.29, 0.717) is 25.5 Å². The smallest absolute Gasteiger partial charge is 0.311 e. The predicted octanol–water partition coefficient (Wildman–Crippen LogP) is 8.31. The standard InChI is InChI=1S/C38H51NO4/c40-36(42-28-30-13-6-5-7-14-30)18-8-3-1-2-4-9-19-37(41)43-32-21-20-31-25-35-33-17-10-11-22-38(33,34(31)26-32)23-24-39(35)27-29-15-12-16-29/h5-7,13-14,20-21,26,29,33,35H,1-4,8-12,15-19,22-25,27-28H2/t33-,35+,38+/m0/s1. The van der Waals surface area contributed by atoms with Gasteiger partial charge < -0.3 is 9.47 Å². The molecular formula is C38H51NO4. The van der Waals surface area contributed by atoms with E-state index in [1.807, 2.05) is 36.4 Å². The maximum absolute atomic E-state index is 12.7. The first-order chi connectivity index (χ1) is 21.1. The second-order valence-corrected chi connectivity index (χ2v) is 13.9. The van der Waals surface area contributed by atoms with Gasteiger partial charge in [0.1, 0.15) is 12.4 Å². The fraction of sp³-hybridized carbons (Fsp3) is 0.632. The zero-order valence-electron chi connectivity index (χ0n) is 26.1. The van der Waals surface area contributed by atoms with E-state index in [0.717, 1.165) is 68.1 Å². The highest BCUT2D eigenvalue weighted by Crippen LogP contribution is 2.56. The van der Waals surface area contributed by atoms with E-state index in [9.17, 15) is 9.59 Å². The summed E-state index contributed by atoms with van der Waals surface area (Å²) in [4.78, 5) is 27.6. The minimum absolute atomic E-state index is 0.109. The van der Waals surface area contributed by atoms with Crippen molar-refractivity contribution in [2.24, 2.45) is 11.8 Å². The molecule has 4 aliphatic rings. The molecule has 0 aromatic heterocycles. The number of nitrogens with zero attached hydrogens (tertiary/aromatic N) is 1. The Morgan fingerprint density at radius 2 is 1.58 bits per heavy atom. The van der Waals surface area contributed by atoms with Crippen LogP contribution in [-0.4, -0.2) is 36.0 Å². The molecule has 0 spiro atoms. The third kappa shape index (κ3) is 7.36. The zero-order valence-corrected chi connectivity index (χ0v) is 26.1. The van der Waals surface area contributed by atoms with Crippen molar-refractivity contribution in [3.8, 4) is 5.75 Å². The summed E-state index contributed by atoms with van der Waals surface area (Å²) in [6, 6.07) is 17.1. The largest absolute Gasteiger partial charge is 0.461 e. The van der Waals surface area contributed by atoms with E-state index in [1.54, 1.807) is 0 Å². The van der Waals surface area contributed by atoms with Gasteiger partial charge in [-0.3, -0.25) is 14.5 Å². The molecule has 3 atom stereocenters.